The van der Waals surface area contributed by atoms with E-state index >= 15 is 0 Å². The standard InChI is InChI=1S/C19H20N4O3S/c1-22(2)13-7-5-12(6-8-13)11-20-23-18(24)14-9-16(25-3)17(26-4)10-15(14)21-19(23)27/h5-11H,1-4H3,(H,21,27). The van der Waals surface area contributed by atoms with Crippen molar-refractivity contribution < 1.29 is 9.47 Å². The van der Waals surface area contributed by atoms with Gasteiger partial charge in [0.2, 0.25) is 4.77 Å². The van der Waals surface area contributed by atoms with Crippen molar-refractivity contribution in [1.82, 2.24) is 9.66 Å². The third-order valence-corrected chi connectivity index (χ3v) is 4.39. The number of anilines is 1. The van der Waals surface area contributed by atoms with Crippen LogP contribution in [0.3, 0.4) is 0 Å². The number of aromatic nitrogens is 2. The van der Waals surface area contributed by atoms with Crippen molar-refractivity contribution in [3.63, 3.8) is 0 Å². The zero-order valence-corrected chi connectivity index (χ0v) is 16.3. The first-order valence-electron chi connectivity index (χ1n) is 8.17. The summed E-state index contributed by atoms with van der Waals surface area (Å²) >= 11 is 5.29. The molecular formula is C19H20N4O3S. The molecule has 0 fully saturated rings. The highest BCUT2D eigenvalue weighted by Crippen LogP contribution is 2.29. The Kier molecular flexibility index (Phi) is 5.27. The van der Waals surface area contributed by atoms with Crippen LogP contribution in [-0.2, 0) is 0 Å². The van der Waals surface area contributed by atoms with Crippen molar-refractivity contribution >= 4 is 35.0 Å². The van der Waals surface area contributed by atoms with Crippen molar-refractivity contribution in [1.29, 1.82) is 0 Å². The van der Waals surface area contributed by atoms with Crippen molar-refractivity contribution in [2.24, 2.45) is 5.10 Å². The van der Waals surface area contributed by atoms with Gasteiger partial charge in [0.05, 0.1) is 31.3 Å². The fraction of sp³-hybridized carbons (Fsp3) is 0.211. The van der Waals surface area contributed by atoms with Crippen LogP contribution in [0.5, 0.6) is 11.5 Å². The van der Waals surface area contributed by atoms with E-state index in [2.05, 4.69) is 10.1 Å². The smallest absolute Gasteiger partial charge is 0.283 e. The molecule has 0 aliphatic heterocycles. The second kappa shape index (κ2) is 7.63. The SMILES string of the molecule is COc1cc2[nH]c(=S)n(N=Cc3ccc(N(C)C)cc3)c(=O)c2cc1OC. The molecule has 0 saturated heterocycles. The molecule has 0 unspecified atom stereocenters. The molecular weight excluding hydrogens is 364 g/mol. The molecule has 2 aromatic carbocycles. The number of benzene rings is 2. The summed E-state index contributed by atoms with van der Waals surface area (Å²) in [4.78, 5) is 17.9. The molecule has 7 nitrogen and oxygen atoms in total. The molecule has 3 rings (SSSR count). The van der Waals surface area contributed by atoms with E-state index in [-0.39, 0.29) is 10.3 Å². The Hall–Kier alpha value is -3.13. The number of H-pyrrole nitrogens is 1. The number of aromatic amines is 1. The van der Waals surface area contributed by atoms with Crippen LogP contribution in [-0.4, -0.2) is 44.2 Å². The maximum atomic E-state index is 12.8. The Morgan fingerprint density at radius 1 is 1.11 bits per heavy atom. The molecule has 0 amide bonds. The maximum absolute atomic E-state index is 12.8. The summed E-state index contributed by atoms with van der Waals surface area (Å²) in [6.45, 7) is 0. The lowest BCUT2D eigenvalue weighted by molar-refractivity contribution is 0.355. The van der Waals surface area contributed by atoms with Crippen LogP contribution in [0.15, 0.2) is 46.3 Å². The van der Waals surface area contributed by atoms with Crippen molar-refractivity contribution in [2.75, 3.05) is 33.2 Å². The highest BCUT2D eigenvalue weighted by Gasteiger charge is 2.11. The van der Waals surface area contributed by atoms with Crippen LogP contribution in [0.4, 0.5) is 5.69 Å². The van der Waals surface area contributed by atoms with E-state index in [0.29, 0.717) is 22.4 Å². The second-order valence-corrected chi connectivity index (χ2v) is 6.42. The Morgan fingerprint density at radius 2 is 1.74 bits per heavy atom. The number of hydrogen-bond donors (Lipinski definition) is 1. The minimum atomic E-state index is -0.337. The lowest BCUT2D eigenvalue weighted by Gasteiger charge is -2.11. The van der Waals surface area contributed by atoms with Gasteiger partial charge in [0.25, 0.3) is 5.56 Å². The van der Waals surface area contributed by atoms with Crippen LogP contribution in [0, 0.1) is 4.77 Å². The van der Waals surface area contributed by atoms with Gasteiger partial charge in [-0.3, -0.25) is 4.79 Å². The molecule has 1 aromatic heterocycles. The van der Waals surface area contributed by atoms with E-state index < -0.39 is 0 Å². The molecule has 0 aliphatic rings. The number of hydrogen-bond acceptors (Lipinski definition) is 6. The van der Waals surface area contributed by atoms with Crippen molar-refractivity contribution in [3.05, 3.63) is 57.1 Å². The van der Waals surface area contributed by atoms with Gasteiger partial charge in [-0.1, -0.05) is 12.1 Å². The van der Waals surface area contributed by atoms with E-state index in [0.717, 1.165) is 15.9 Å². The number of nitrogens with one attached hydrogen (secondary N) is 1. The van der Waals surface area contributed by atoms with Gasteiger partial charge in [0.1, 0.15) is 0 Å². The van der Waals surface area contributed by atoms with Gasteiger partial charge in [-0.15, -0.1) is 0 Å². The van der Waals surface area contributed by atoms with Gasteiger partial charge in [0.15, 0.2) is 11.5 Å². The quantitative estimate of drug-likeness (QED) is 0.541. The molecule has 140 valence electrons. The fourth-order valence-electron chi connectivity index (χ4n) is 2.62. The Labute approximate surface area is 161 Å². The fourth-order valence-corrected chi connectivity index (χ4v) is 2.86. The van der Waals surface area contributed by atoms with Gasteiger partial charge < -0.3 is 19.4 Å². The number of ether oxygens (including phenoxy) is 2. The number of rotatable bonds is 5. The Morgan fingerprint density at radius 3 is 2.33 bits per heavy atom. The Balaban J connectivity index is 2.06. The normalized spacial score (nSPS) is 11.1. The van der Waals surface area contributed by atoms with Crippen molar-refractivity contribution in [2.45, 2.75) is 0 Å². The highest BCUT2D eigenvalue weighted by atomic mass is 32.1. The highest BCUT2D eigenvalue weighted by molar-refractivity contribution is 7.71. The summed E-state index contributed by atoms with van der Waals surface area (Å²) in [5, 5.41) is 4.66. The average molecular weight is 384 g/mol. The molecule has 0 bridgehead atoms. The van der Waals surface area contributed by atoms with Crippen LogP contribution in [0.2, 0.25) is 0 Å². The summed E-state index contributed by atoms with van der Waals surface area (Å²) in [6.07, 6.45) is 1.59. The van der Waals surface area contributed by atoms with Gasteiger partial charge in [-0.05, 0) is 36.0 Å². The molecule has 0 atom stereocenters. The van der Waals surface area contributed by atoms with E-state index in [1.54, 1.807) is 18.3 Å². The molecule has 0 aliphatic carbocycles. The molecule has 1 heterocycles. The Bertz CT molecular complexity index is 1110. The molecule has 8 heteroatoms. The summed E-state index contributed by atoms with van der Waals surface area (Å²) in [5.41, 5.74) is 2.16. The molecule has 0 radical (unpaired) electrons. The molecule has 27 heavy (non-hydrogen) atoms. The third kappa shape index (κ3) is 3.70. The number of nitrogens with zero attached hydrogens (tertiary/aromatic N) is 3. The van der Waals surface area contributed by atoms with E-state index in [1.165, 1.54) is 14.2 Å². The number of methoxy groups -OCH3 is 2. The lowest BCUT2D eigenvalue weighted by atomic mass is 10.2. The van der Waals surface area contributed by atoms with Crippen LogP contribution in [0.25, 0.3) is 10.9 Å². The first kappa shape index (κ1) is 18.7. The van der Waals surface area contributed by atoms with Crippen LogP contribution < -0.4 is 19.9 Å². The van der Waals surface area contributed by atoms with E-state index in [9.17, 15) is 4.79 Å². The molecule has 0 spiro atoms. The topological polar surface area (TPSA) is 71.9 Å². The summed E-state index contributed by atoms with van der Waals surface area (Å²) in [5.74, 6) is 0.972. The largest absolute Gasteiger partial charge is 0.493 e. The predicted octanol–water partition coefficient (Wildman–Crippen LogP) is 3.02. The van der Waals surface area contributed by atoms with Gasteiger partial charge >= 0.3 is 0 Å². The summed E-state index contributed by atoms with van der Waals surface area (Å²) < 4.78 is 11.9. The van der Waals surface area contributed by atoms with Gasteiger partial charge in [0, 0.05) is 25.8 Å². The third-order valence-electron chi connectivity index (χ3n) is 4.11. The monoisotopic (exact) mass is 384 g/mol. The minimum absolute atomic E-state index is 0.195. The van der Waals surface area contributed by atoms with Crippen LogP contribution in [0.1, 0.15) is 5.56 Å². The molecule has 1 N–H and O–H groups in total. The zero-order chi connectivity index (χ0) is 19.6. The first-order chi connectivity index (χ1) is 12.9. The zero-order valence-electron chi connectivity index (χ0n) is 15.5. The maximum Gasteiger partial charge on any atom is 0.283 e. The summed E-state index contributed by atoms with van der Waals surface area (Å²) in [6, 6.07) is 11.1. The molecule has 3 aromatic rings. The van der Waals surface area contributed by atoms with Crippen LogP contribution >= 0.6 is 12.2 Å². The van der Waals surface area contributed by atoms with Gasteiger partial charge in [-0.25, -0.2) is 0 Å². The van der Waals surface area contributed by atoms with Crippen molar-refractivity contribution in [3.8, 4) is 11.5 Å². The average Bonchev–Trinajstić information content (AvgIpc) is 2.67. The number of fused-ring (bicyclic) bond motifs is 1. The second-order valence-electron chi connectivity index (χ2n) is 6.03. The first-order valence-corrected chi connectivity index (χ1v) is 8.58. The van der Waals surface area contributed by atoms with Gasteiger partial charge in [-0.2, -0.15) is 9.78 Å². The van der Waals surface area contributed by atoms with E-state index in [4.69, 9.17) is 21.7 Å². The summed E-state index contributed by atoms with van der Waals surface area (Å²) in [7, 11) is 6.99. The molecule has 0 saturated carbocycles. The van der Waals surface area contributed by atoms with E-state index in [1.807, 2.05) is 43.3 Å². The lowest BCUT2D eigenvalue weighted by Crippen LogP contribution is -2.19. The minimum Gasteiger partial charge on any atom is -0.493 e. The predicted molar refractivity (Wildman–Crippen MR) is 110 cm³/mol.